The van der Waals surface area contributed by atoms with Gasteiger partial charge >= 0.3 is 29.6 Å². The normalized spacial score (nSPS) is 13.2. The molecule has 0 saturated carbocycles. The van der Waals surface area contributed by atoms with Gasteiger partial charge < -0.3 is 14.0 Å². The Balaban J connectivity index is 0.00000280. The van der Waals surface area contributed by atoms with Gasteiger partial charge in [0.25, 0.3) is 0 Å². The average molecular weight is 412 g/mol. The third-order valence-electron chi connectivity index (χ3n) is 4.29. The van der Waals surface area contributed by atoms with Crippen LogP contribution in [0.5, 0.6) is 5.75 Å². The van der Waals surface area contributed by atoms with Crippen molar-refractivity contribution in [3.05, 3.63) is 42.1 Å². The van der Waals surface area contributed by atoms with Crippen molar-refractivity contribution in [2.75, 3.05) is 12.9 Å². The van der Waals surface area contributed by atoms with E-state index >= 15 is 0 Å². The summed E-state index contributed by atoms with van der Waals surface area (Å²) < 4.78 is 25.7. The average Bonchev–Trinajstić information content (AvgIpc) is 3.03. The van der Waals surface area contributed by atoms with Gasteiger partial charge in [0.1, 0.15) is 23.2 Å². The van der Waals surface area contributed by atoms with Crippen LogP contribution >= 0.6 is 0 Å². The Morgan fingerprint density at radius 3 is 2.71 bits per heavy atom. The standard InChI is InChI=1S/C20H25N3O3S.Na.H/c1-5-6-13-25-15(3)26-18-11-12-21-19(14(18)2)20-22-16-9-7-8-10-17(16)23(20)27(4)24;;/h7-12,15H,5-6,13H2,1-4H3;;. The van der Waals surface area contributed by atoms with E-state index in [1.165, 1.54) is 0 Å². The van der Waals surface area contributed by atoms with Crippen molar-refractivity contribution in [1.29, 1.82) is 0 Å². The Morgan fingerprint density at radius 1 is 1.25 bits per heavy atom. The number of nitrogens with zero attached hydrogens (tertiary/aromatic N) is 3. The number of pyridine rings is 1. The molecule has 0 saturated heterocycles. The summed E-state index contributed by atoms with van der Waals surface area (Å²) in [6.45, 7) is 6.60. The number of aromatic nitrogens is 3. The number of para-hydroxylation sites is 2. The molecule has 3 aromatic rings. The van der Waals surface area contributed by atoms with Gasteiger partial charge in [-0.2, -0.15) is 0 Å². The van der Waals surface area contributed by atoms with Crippen molar-refractivity contribution in [3.8, 4) is 17.3 Å². The summed E-state index contributed by atoms with van der Waals surface area (Å²) in [4.78, 5) is 9.16. The molecule has 0 N–H and O–H groups in total. The summed E-state index contributed by atoms with van der Waals surface area (Å²) in [7, 11) is 0. The molecule has 0 aliphatic heterocycles. The zero-order valence-electron chi connectivity index (χ0n) is 16.1. The first kappa shape index (κ1) is 23.2. The molecule has 2 heterocycles. The van der Waals surface area contributed by atoms with E-state index in [2.05, 4.69) is 16.9 Å². The summed E-state index contributed by atoms with van der Waals surface area (Å²) in [6, 6.07) is 9.45. The Hall–Kier alpha value is -1.09. The van der Waals surface area contributed by atoms with Gasteiger partial charge in [-0.15, -0.1) is 3.97 Å². The molecular weight excluding hydrogens is 385 g/mol. The van der Waals surface area contributed by atoms with Gasteiger partial charge in [0.15, 0.2) is 6.29 Å². The van der Waals surface area contributed by atoms with Crippen molar-refractivity contribution in [2.24, 2.45) is 0 Å². The van der Waals surface area contributed by atoms with Crippen LogP contribution < -0.4 is 4.74 Å². The van der Waals surface area contributed by atoms with Crippen molar-refractivity contribution in [1.82, 2.24) is 13.9 Å². The third kappa shape index (κ3) is 5.09. The predicted molar refractivity (Wildman–Crippen MR) is 115 cm³/mol. The van der Waals surface area contributed by atoms with Crippen molar-refractivity contribution >= 4 is 52.0 Å². The van der Waals surface area contributed by atoms with E-state index in [1.807, 2.05) is 44.2 Å². The number of fused-ring (bicyclic) bond motifs is 1. The molecule has 1 aromatic carbocycles. The fourth-order valence-corrected chi connectivity index (χ4v) is 3.69. The van der Waals surface area contributed by atoms with Gasteiger partial charge in [0.05, 0.1) is 23.5 Å². The molecule has 2 unspecified atom stereocenters. The van der Waals surface area contributed by atoms with Gasteiger partial charge in [0, 0.05) is 11.8 Å². The van der Waals surface area contributed by atoms with Crippen LogP contribution in [0.2, 0.25) is 0 Å². The van der Waals surface area contributed by atoms with E-state index < -0.39 is 11.4 Å². The molecule has 8 heteroatoms. The molecule has 0 amide bonds. The SMILES string of the molecule is CCCCOC(C)Oc1ccnc(-c2nc3ccccc3n2[S+](C)[O-])c1C.[NaH]. The molecular formula is C20H26N3NaO3S. The second-order valence-corrected chi connectivity index (χ2v) is 7.55. The van der Waals surface area contributed by atoms with Crippen LogP contribution in [-0.2, 0) is 16.1 Å². The zero-order chi connectivity index (χ0) is 19.4. The Morgan fingerprint density at radius 2 is 2.00 bits per heavy atom. The molecule has 6 nitrogen and oxygen atoms in total. The van der Waals surface area contributed by atoms with E-state index in [0.29, 0.717) is 23.9 Å². The number of benzene rings is 1. The molecule has 28 heavy (non-hydrogen) atoms. The summed E-state index contributed by atoms with van der Waals surface area (Å²) in [5.41, 5.74) is 3.09. The topological polar surface area (TPSA) is 72.2 Å². The molecule has 0 radical (unpaired) electrons. The van der Waals surface area contributed by atoms with Crippen molar-refractivity contribution in [2.45, 2.75) is 39.9 Å². The van der Waals surface area contributed by atoms with Crippen LogP contribution in [-0.4, -0.2) is 67.2 Å². The molecule has 0 aliphatic carbocycles. The maximum absolute atomic E-state index is 12.4. The van der Waals surface area contributed by atoms with E-state index in [0.717, 1.165) is 29.4 Å². The van der Waals surface area contributed by atoms with E-state index in [-0.39, 0.29) is 35.8 Å². The molecule has 0 bridgehead atoms. The molecule has 2 aromatic heterocycles. The summed E-state index contributed by atoms with van der Waals surface area (Å²) >= 11 is -1.27. The first-order valence-electron chi connectivity index (χ1n) is 9.08. The predicted octanol–water partition coefficient (Wildman–Crippen LogP) is 3.44. The maximum atomic E-state index is 12.4. The number of imidazole rings is 1. The quantitative estimate of drug-likeness (QED) is 0.246. The van der Waals surface area contributed by atoms with Crippen LogP contribution in [0.3, 0.4) is 0 Å². The summed E-state index contributed by atoms with van der Waals surface area (Å²) in [5, 5.41) is 0. The Kier molecular flexibility index (Phi) is 8.80. The fraction of sp³-hybridized carbons (Fsp3) is 0.400. The van der Waals surface area contributed by atoms with E-state index in [9.17, 15) is 4.55 Å². The van der Waals surface area contributed by atoms with E-state index in [4.69, 9.17) is 9.47 Å². The Labute approximate surface area is 191 Å². The minimum atomic E-state index is -1.27. The molecule has 0 spiro atoms. The minimum absolute atomic E-state index is 0. The van der Waals surface area contributed by atoms with Gasteiger partial charge in [-0.1, -0.05) is 25.5 Å². The van der Waals surface area contributed by atoms with E-state index in [1.54, 1.807) is 16.4 Å². The summed E-state index contributed by atoms with van der Waals surface area (Å²) in [6.07, 6.45) is 5.04. The van der Waals surface area contributed by atoms with Crippen molar-refractivity contribution in [3.63, 3.8) is 0 Å². The van der Waals surface area contributed by atoms with Crippen LogP contribution in [0.25, 0.3) is 22.6 Å². The second kappa shape index (κ2) is 10.6. The summed E-state index contributed by atoms with van der Waals surface area (Å²) in [5.74, 6) is 1.25. The molecule has 0 fully saturated rings. The monoisotopic (exact) mass is 411 g/mol. The molecule has 3 rings (SSSR count). The first-order valence-corrected chi connectivity index (χ1v) is 10.6. The second-order valence-electron chi connectivity index (χ2n) is 6.33. The van der Waals surface area contributed by atoms with Crippen molar-refractivity contribution < 1.29 is 14.0 Å². The third-order valence-corrected chi connectivity index (χ3v) is 5.17. The van der Waals surface area contributed by atoms with Crippen LogP contribution in [0.1, 0.15) is 32.3 Å². The van der Waals surface area contributed by atoms with Gasteiger partial charge in [0.2, 0.25) is 5.82 Å². The van der Waals surface area contributed by atoms with Crippen LogP contribution in [0.4, 0.5) is 0 Å². The molecule has 2 atom stereocenters. The molecule has 0 aliphatic rings. The number of unbranched alkanes of at least 4 members (excludes halogenated alkanes) is 1. The Bertz CT molecular complexity index is 917. The van der Waals surface area contributed by atoms with Gasteiger partial charge in [-0.25, -0.2) is 4.98 Å². The number of hydrogen-bond donors (Lipinski definition) is 0. The number of hydrogen-bond acceptors (Lipinski definition) is 5. The van der Waals surface area contributed by atoms with Crippen LogP contribution in [0.15, 0.2) is 36.5 Å². The fourth-order valence-electron chi connectivity index (χ4n) is 2.89. The number of ether oxygens (including phenoxy) is 2. The van der Waals surface area contributed by atoms with Gasteiger partial charge in [-0.3, -0.25) is 4.98 Å². The molecule has 146 valence electrons. The van der Waals surface area contributed by atoms with Crippen LogP contribution in [0, 0.1) is 6.92 Å². The first-order chi connectivity index (χ1) is 13.0. The zero-order valence-corrected chi connectivity index (χ0v) is 17.0. The number of rotatable bonds is 8. The van der Waals surface area contributed by atoms with Gasteiger partial charge in [-0.05, 0) is 38.5 Å².